The Labute approximate surface area is 171 Å². The summed E-state index contributed by atoms with van der Waals surface area (Å²) < 4.78 is 5.01. The number of phenols is 1. The van der Waals surface area contributed by atoms with Gasteiger partial charge in [-0.25, -0.2) is 9.78 Å². The molecule has 0 saturated carbocycles. The largest absolute Gasteiger partial charge is 0.508 e. The minimum atomic E-state index is -1.89. The minimum absolute atomic E-state index is 0.0697. The molecule has 8 heteroatoms. The van der Waals surface area contributed by atoms with Crippen LogP contribution in [0, 0.1) is 0 Å². The second-order valence-corrected chi connectivity index (χ2v) is 7.94. The van der Waals surface area contributed by atoms with E-state index in [-0.39, 0.29) is 35.9 Å². The van der Waals surface area contributed by atoms with Crippen LogP contribution in [-0.4, -0.2) is 26.2 Å². The molecule has 0 saturated heterocycles. The van der Waals surface area contributed by atoms with Crippen molar-refractivity contribution in [3.8, 4) is 17.1 Å². The van der Waals surface area contributed by atoms with Crippen LogP contribution in [0.15, 0.2) is 29.1 Å². The normalized spacial score (nSPS) is 22.6. The van der Waals surface area contributed by atoms with Gasteiger partial charge in [-0.3, -0.25) is 4.79 Å². The van der Waals surface area contributed by atoms with Gasteiger partial charge in [0, 0.05) is 23.1 Å². The molecule has 1 aliphatic heterocycles. The molecule has 0 fully saturated rings. The fraction of sp³-hybridized carbons (Fsp3) is 0.318. The number of cyclic esters (lactones) is 1. The Morgan fingerprint density at radius 1 is 1.30 bits per heavy atom. The van der Waals surface area contributed by atoms with E-state index in [1.54, 1.807) is 25.1 Å². The van der Waals surface area contributed by atoms with E-state index in [1.165, 1.54) is 0 Å². The van der Waals surface area contributed by atoms with Crippen molar-refractivity contribution < 1.29 is 19.7 Å². The van der Waals surface area contributed by atoms with Crippen molar-refractivity contribution in [2.45, 2.75) is 44.4 Å². The Kier molecular flexibility index (Phi) is 4.00. The van der Waals surface area contributed by atoms with Crippen LogP contribution in [-0.2, 0) is 28.2 Å². The van der Waals surface area contributed by atoms with E-state index in [0.717, 1.165) is 29.4 Å². The van der Waals surface area contributed by atoms with Gasteiger partial charge in [0.1, 0.15) is 12.4 Å². The van der Waals surface area contributed by atoms with Gasteiger partial charge in [-0.2, -0.15) is 0 Å². The van der Waals surface area contributed by atoms with Crippen molar-refractivity contribution in [1.82, 2.24) is 9.97 Å². The number of carbonyl (C=O) groups is 1. The summed E-state index contributed by atoms with van der Waals surface area (Å²) in [5.74, 6) is -0.655. The molecule has 0 amide bonds. The summed E-state index contributed by atoms with van der Waals surface area (Å²) >= 11 is 0. The van der Waals surface area contributed by atoms with Crippen molar-refractivity contribution in [3.63, 3.8) is 0 Å². The van der Waals surface area contributed by atoms with Crippen LogP contribution in [0.25, 0.3) is 22.3 Å². The Morgan fingerprint density at radius 3 is 2.87 bits per heavy atom. The molecule has 8 nitrogen and oxygen atoms in total. The first kappa shape index (κ1) is 18.8. The summed E-state index contributed by atoms with van der Waals surface area (Å²) in [5, 5.41) is 21.9. The van der Waals surface area contributed by atoms with Crippen molar-refractivity contribution in [3.05, 3.63) is 56.9 Å². The Morgan fingerprint density at radius 2 is 2.10 bits per heavy atom. The SMILES string of the molecule is CC[C@@]1(O)C(=O)OCc2c1cc(-c1cc3c4c(cc(O)cc4n1)CC[C@@H]3N)[nH]c2=O. The van der Waals surface area contributed by atoms with Crippen molar-refractivity contribution >= 4 is 16.9 Å². The average Bonchev–Trinajstić information content (AvgIpc) is 2.72. The van der Waals surface area contributed by atoms with Gasteiger partial charge >= 0.3 is 5.97 Å². The number of aromatic hydroxyl groups is 1. The number of fused-ring (bicyclic) bond motifs is 1. The van der Waals surface area contributed by atoms with Crippen molar-refractivity contribution in [1.29, 1.82) is 0 Å². The number of nitrogens with one attached hydrogen (secondary N) is 1. The molecule has 30 heavy (non-hydrogen) atoms. The number of hydrogen-bond donors (Lipinski definition) is 4. The Hall–Kier alpha value is -3.23. The Bertz CT molecular complexity index is 1280. The zero-order chi connectivity index (χ0) is 21.2. The van der Waals surface area contributed by atoms with Gasteiger partial charge in [0.25, 0.3) is 5.56 Å². The van der Waals surface area contributed by atoms with Gasteiger partial charge < -0.3 is 25.7 Å². The fourth-order valence-electron chi connectivity index (χ4n) is 4.51. The van der Waals surface area contributed by atoms with E-state index in [2.05, 4.69) is 9.97 Å². The van der Waals surface area contributed by atoms with E-state index in [9.17, 15) is 19.8 Å². The van der Waals surface area contributed by atoms with Gasteiger partial charge in [0.15, 0.2) is 5.60 Å². The van der Waals surface area contributed by atoms with E-state index in [4.69, 9.17) is 10.5 Å². The van der Waals surface area contributed by atoms with E-state index in [1.807, 2.05) is 6.07 Å². The molecule has 0 unspecified atom stereocenters. The second kappa shape index (κ2) is 6.38. The molecule has 0 radical (unpaired) electrons. The molecule has 3 heterocycles. The summed E-state index contributed by atoms with van der Waals surface area (Å²) in [5.41, 5.74) is 7.74. The standard InChI is InChI=1S/C22H21N3O5/c1-2-22(29)14-8-17(25-20(27)13(14)9-30-21(22)28)16-7-12-15(23)4-3-10-5-11(26)6-18(24-16)19(10)12/h5-8,15,26,29H,2-4,9,23H2,1H3,(H,25,27)/t15-,22-/m0/s1. The smallest absolute Gasteiger partial charge is 0.343 e. The molecule has 1 aromatic carbocycles. The summed E-state index contributed by atoms with van der Waals surface area (Å²) in [6.07, 6.45) is 1.55. The number of phenolic OH excluding ortho intramolecular Hbond substituents is 1. The van der Waals surface area contributed by atoms with Gasteiger partial charge in [0.05, 0.1) is 22.5 Å². The number of H-pyrrole nitrogens is 1. The molecule has 154 valence electrons. The molecule has 2 aromatic heterocycles. The predicted molar refractivity (Wildman–Crippen MR) is 109 cm³/mol. The summed E-state index contributed by atoms with van der Waals surface area (Å²) in [7, 11) is 0. The third-order valence-electron chi connectivity index (χ3n) is 6.18. The van der Waals surface area contributed by atoms with Crippen LogP contribution in [0.4, 0.5) is 0 Å². The number of aromatic nitrogens is 2. The molecule has 5 N–H and O–H groups in total. The number of aliphatic hydroxyl groups is 1. The number of nitrogens with zero attached hydrogens (tertiary/aromatic N) is 1. The zero-order valence-electron chi connectivity index (χ0n) is 16.4. The molecule has 2 atom stereocenters. The highest BCUT2D eigenvalue weighted by Gasteiger charge is 2.44. The molecular weight excluding hydrogens is 386 g/mol. The maximum Gasteiger partial charge on any atom is 0.343 e. The lowest BCUT2D eigenvalue weighted by atomic mass is 9.85. The van der Waals surface area contributed by atoms with Gasteiger partial charge in [-0.05, 0) is 48.6 Å². The second-order valence-electron chi connectivity index (χ2n) is 7.94. The first-order valence-corrected chi connectivity index (χ1v) is 9.90. The number of aromatic amines is 1. The Balaban J connectivity index is 1.77. The molecule has 1 aliphatic carbocycles. The number of rotatable bonds is 2. The molecule has 2 aliphatic rings. The van der Waals surface area contributed by atoms with Crippen LogP contribution in [0.5, 0.6) is 5.75 Å². The lowest BCUT2D eigenvalue weighted by molar-refractivity contribution is -0.172. The van der Waals surface area contributed by atoms with Crippen LogP contribution in [0.2, 0.25) is 0 Å². The summed E-state index contributed by atoms with van der Waals surface area (Å²) in [6, 6.07) is 6.52. The molecule has 0 bridgehead atoms. The first-order chi connectivity index (χ1) is 14.3. The van der Waals surface area contributed by atoms with E-state index < -0.39 is 17.1 Å². The number of pyridine rings is 2. The van der Waals surface area contributed by atoms with Gasteiger partial charge in [0.2, 0.25) is 0 Å². The van der Waals surface area contributed by atoms with Crippen LogP contribution in [0.3, 0.4) is 0 Å². The number of carbonyl (C=O) groups excluding carboxylic acids is 1. The van der Waals surface area contributed by atoms with Crippen molar-refractivity contribution in [2.24, 2.45) is 5.73 Å². The fourth-order valence-corrected chi connectivity index (χ4v) is 4.51. The maximum absolute atomic E-state index is 12.7. The topological polar surface area (TPSA) is 139 Å². The number of benzene rings is 1. The number of esters is 1. The highest BCUT2D eigenvalue weighted by atomic mass is 16.6. The molecular formula is C22H21N3O5. The zero-order valence-corrected chi connectivity index (χ0v) is 16.4. The third-order valence-corrected chi connectivity index (χ3v) is 6.18. The van der Waals surface area contributed by atoms with E-state index in [0.29, 0.717) is 16.9 Å². The molecule has 3 aromatic rings. The highest BCUT2D eigenvalue weighted by Crippen LogP contribution is 2.39. The maximum atomic E-state index is 12.7. The first-order valence-electron chi connectivity index (χ1n) is 9.90. The van der Waals surface area contributed by atoms with Crippen LogP contribution in [0.1, 0.15) is 48.1 Å². The lowest BCUT2D eigenvalue weighted by Crippen LogP contribution is -2.43. The number of nitrogens with two attached hydrogens (primary N) is 1. The average molecular weight is 407 g/mol. The van der Waals surface area contributed by atoms with Gasteiger partial charge in [-0.1, -0.05) is 6.92 Å². The quantitative estimate of drug-likeness (QED) is 0.476. The molecule has 5 rings (SSSR count). The molecule has 0 spiro atoms. The third kappa shape index (κ3) is 2.57. The predicted octanol–water partition coefficient (Wildman–Crippen LogP) is 1.90. The number of hydrogen-bond acceptors (Lipinski definition) is 7. The summed E-state index contributed by atoms with van der Waals surface area (Å²) in [6.45, 7) is 1.46. The van der Waals surface area contributed by atoms with Crippen LogP contribution < -0.4 is 11.3 Å². The highest BCUT2D eigenvalue weighted by molar-refractivity contribution is 5.90. The van der Waals surface area contributed by atoms with Crippen LogP contribution >= 0.6 is 0 Å². The number of ether oxygens (including phenoxy) is 1. The van der Waals surface area contributed by atoms with E-state index >= 15 is 0 Å². The number of aryl methyl sites for hydroxylation is 1. The lowest BCUT2D eigenvalue weighted by Gasteiger charge is -2.31. The van der Waals surface area contributed by atoms with Crippen molar-refractivity contribution in [2.75, 3.05) is 0 Å². The van der Waals surface area contributed by atoms with Gasteiger partial charge in [-0.15, -0.1) is 0 Å². The minimum Gasteiger partial charge on any atom is -0.508 e. The summed E-state index contributed by atoms with van der Waals surface area (Å²) in [4.78, 5) is 32.4. The monoisotopic (exact) mass is 407 g/mol.